The van der Waals surface area contributed by atoms with Gasteiger partial charge in [0.15, 0.2) is 0 Å². The van der Waals surface area contributed by atoms with E-state index in [9.17, 15) is 0 Å². The fourth-order valence-electron chi connectivity index (χ4n) is 5.79. The Morgan fingerprint density at radius 1 is 0.500 bits per heavy atom. The molecule has 36 heavy (non-hydrogen) atoms. The lowest BCUT2D eigenvalue weighted by Crippen LogP contribution is -2.16. The molecule has 0 bridgehead atoms. The van der Waals surface area contributed by atoms with Gasteiger partial charge < -0.3 is 0 Å². The Hall–Kier alpha value is -1.98. The Kier molecular flexibility index (Phi) is 5.59. The second-order valence-electron chi connectivity index (χ2n) is 10.7. The van der Waals surface area contributed by atoms with Crippen molar-refractivity contribution in [2.24, 2.45) is 0 Å². The zero-order valence-electron chi connectivity index (χ0n) is 22.3. The quantitative estimate of drug-likeness (QED) is 0.206. The van der Waals surface area contributed by atoms with Gasteiger partial charge in [-0.2, -0.15) is 0 Å². The van der Waals surface area contributed by atoms with Crippen molar-refractivity contribution in [1.82, 2.24) is 0 Å². The number of rotatable bonds is 2. The summed E-state index contributed by atoms with van der Waals surface area (Å²) in [5.41, 5.74) is 8.95. The highest BCUT2D eigenvalue weighted by Crippen LogP contribution is 2.60. The summed E-state index contributed by atoms with van der Waals surface area (Å²) < 4.78 is 0. The number of thiophene rings is 4. The number of hydrogen-bond donors (Lipinski definition) is 0. The van der Waals surface area contributed by atoms with Crippen molar-refractivity contribution in [3.63, 3.8) is 0 Å². The van der Waals surface area contributed by atoms with Gasteiger partial charge in [0.05, 0.1) is 0 Å². The molecule has 4 heterocycles. The highest BCUT2D eigenvalue weighted by Gasteiger charge is 2.43. The molecule has 0 amide bonds. The van der Waals surface area contributed by atoms with E-state index >= 15 is 0 Å². The Balaban J connectivity index is 0.000000913. The molecule has 0 unspecified atom stereocenters. The van der Waals surface area contributed by atoms with Crippen LogP contribution in [0.25, 0.3) is 40.4 Å². The van der Waals surface area contributed by atoms with Gasteiger partial charge in [0.1, 0.15) is 0 Å². The molecule has 4 heteroatoms. The van der Waals surface area contributed by atoms with Crippen LogP contribution in [0, 0.1) is 13.8 Å². The van der Waals surface area contributed by atoms with Crippen molar-refractivity contribution in [2.75, 3.05) is 0 Å². The van der Waals surface area contributed by atoms with Crippen LogP contribution in [-0.2, 0) is 10.8 Å². The van der Waals surface area contributed by atoms with E-state index in [0.717, 1.165) is 0 Å². The van der Waals surface area contributed by atoms with Crippen LogP contribution in [0.1, 0.15) is 75.0 Å². The first kappa shape index (κ1) is 24.4. The van der Waals surface area contributed by atoms with Crippen LogP contribution in [0.5, 0.6) is 0 Å². The summed E-state index contributed by atoms with van der Waals surface area (Å²) in [5, 5.41) is 0. The lowest BCUT2D eigenvalue weighted by atomic mass is 9.79. The highest BCUT2D eigenvalue weighted by atomic mass is 32.1. The largest absolute Gasteiger partial charge is 0.140 e. The number of aryl methyl sites for hydroxylation is 2. The molecule has 5 aromatic rings. The molecule has 0 saturated heterocycles. The topological polar surface area (TPSA) is 0 Å². The molecule has 0 N–H and O–H groups in total. The average molecular weight is 547 g/mol. The van der Waals surface area contributed by atoms with Crippen LogP contribution in [0.15, 0.2) is 48.5 Å². The van der Waals surface area contributed by atoms with Crippen molar-refractivity contribution >= 4 is 45.3 Å². The van der Waals surface area contributed by atoms with Crippen LogP contribution in [0.2, 0.25) is 0 Å². The smallest absolute Gasteiger partial charge is 0.0452 e. The molecule has 0 atom stereocenters. The predicted octanol–water partition coefficient (Wildman–Crippen LogP) is 11.8. The fourth-order valence-corrected chi connectivity index (χ4v) is 10.4. The molecule has 0 aliphatic heterocycles. The summed E-state index contributed by atoms with van der Waals surface area (Å²) in [4.78, 5) is 11.3. The SMILES string of the molecule is CC.Cc1ccc(-c2cc3c(s2)-c2cc4c(cc2C3(C)C)-c2sc(-c3ccc(C)s3)cc2C4(C)C)s1.[HH]. The minimum Gasteiger partial charge on any atom is -0.140 e. The van der Waals surface area contributed by atoms with Crippen LogP contribution in [0.3, 0.4) is 0 Å². The van der Waals surface area contributed by atoms with Gasteiger partial charge >= 0.3 is 0 Å². The lowest BCUT2D eigenvalue weighted by molar-refractivity contribution is 0.653. The normalized spacial score (nSPS) is 15.7. The molecular weight excluding hydrogens is 513 g/mol. The van der Waals surface area contributed by atoms with Gasteiger partial charge in [-0.15, -0.1) is 45.3 Å². The Morgan fingerprint density at radius 3 is 1.22 bits per heavy atom. The van der Waals surface area contributed by atoms with Gasteiger partial charge in [0.2, 0.25) is 0 Å². The maximum absolute atomic E-state index is 2.54. The van der Waals surface area contributed by atoms with Crippen molar-refractivity contribution < 1.29 is 1.43 Å². The first-order valence-corrected chi connectivity index (χ1v) is 16.0. The predicted molar refractivity (Wildman–Crippen MR) is 167 cm³/mol. The van der Waals surface area contributed by atoms with Gasteiger partial charge in [0.25, 0.3) is 0 Å². The first-order chi connectivity index (χ1) is 17.1. The molecular formula is C32H34S4. The van der Waals surface area contributed by atoms with Crippen molar-refractivity contribution in [3.05, 3.63) is 80.5 Å². The summed E-state index contributed by atoms with van der Waals surface area (Å²) in [5.74, 6) is 0. The van der Waals surface area contributed by atoms with Gasteiger partial charge in [-0.05, 0) is 95.8 Å². The third kappa shape index (κ3) is 3.34. The van der Waals surface area contributed by atoms with Crippen molar-refractivity contribution in [1.29, 1.82) is 0 Å². The molecule has 1 aromatic carbocycles. The monoisotopic (exact) mass is 546 g/mol. The van der Waals surface area contributed by atoms with E-state index in [2.05, 4.69) is 90.1 Å². The van der Waals surface area contributed by atoms with Crippen molar-refractivity contribution in [3.8, 4) is 40.4 Å². The maximum atomic E-state index is 2.54. The van der Waals surface area contributed by atoms with E-state index in [1.165, 1.54) is 72.4 Å². The van der Waals surface area contributed by atoms with E-state index in [1.807, 2.05) is 59.2 Å². The van der Waals surface area contributed by atoms with Gasteiger partial charge in [-0.1, -0.05) is 41.5 Å². The zero-order chi connectivity index (χ0) is 25.6. The average Bonchev–Trinajstić information content (AvgIpc) is 3.66. The molecule has 0 saturated carbocycles. The summed E-state index contributed by atoms with van der Waals surface area (Å²) in [6.07, 6.45) is 0. The Labute approximate surface area is 232 Å². The van der Waals surface area contributed by atoms with E-state index in [-0.39, 0.29) is 12.3 Å². The highest BCUT2D eigenvalue weighted by molar-refractivity contribution is 7.24. The zero-order valence-corrected chi connectivity index (χ0v) is 25.5. The van der Waals surface area contributed by atoms with Crippen molar-refractivity contribution in [2.45, 2.75) is 66.2 Å². The van der Waals surface area contributed by atoms with Crippen LogP contribution < -0.4 is 0 Å². The number of fused-ring (bicyclic) bond motifs is 6. The third-order valence-electron chi connectivity index (χ3n) is 7.77. The molecule has 186 valence electrons. The van der Waals surface area contributed by atoms with E-state index in [0.29, 0.717) is 0 Å². The molecule has 0 radical (unpaired) electrons. The summed E-state index contributed by atoms with van der Waals surface area (Å²) in [6, 6.07) is 19.1. The lowest BCUT2D eigenvalue weighted by Gasteiger charge is -2.24. The molecule has 0 fully saturated rings. The molecule has 2 aliphatic carbocycles. The summed E-state index contributed by atoms with van der Waals surface area (Å²) >= 11 is 7.77. The van der Waals surface area contributed by atoms with Gasteiger partial charge in [-0.25, -0.2) is 0 Å². The maximum Gasteiger partial charge on any atom is 0.0452 e. The second kappa shape index (κ2) is 8.26. The van der Waals surface area contributed by atoms with E-state index in [4.69, 9.17) is 0 Å². The molecule has 0 nitrogen and oxygen atoms in total. The summed E-state index contributed by atoms with van der Waals surface area (Å²) in [6.45, 7) is 18.0. The van der Waals surface area contributed by atoms with Gasteiger partial charge in [0, 0.05) is 51.3 Å². The molecule has 7 rings (SSSR count). The minimum absolute atomic E-state index is 0. The Bertz CT molecular complexity index is 1510. The van der Waals surface area contributed by atoms with Crippen LogP contribution in [-0.4, -0.2) is 0 Å². The third-order valence-corrected chi connectivity index (χ3v) is 12.5. The number of hydrogen-bond acceptors (Lipinski definition) is 4. The van der Waals surface area contributed by atoms with E-state index < -0.39 is 0 Å². The Morgan fingerprint density at radius 2 is 0.889 bits per heavy atom. The fraction of sp³-hybridized carbons (Fsp3) is 0.312. The molecule has 4 aromatic heterocycles. The first-order valence-electron chi connectivity index (χ1n) is 12.8. The molecule has 0 spiro atoms. The van der Waals surface area contributed by atoms with E-state index in [1.54, 1.807) is 0 Å². The number of benzene rings is 1. The standard InChI is InChI=1S/C30H26S4.C2H6.H2/c1-15-7-9-23(31-15)25-13-21-27(33-25)17-11-20-18(12-19(17)29(21,3)4)28-22(30(20,5)6)14-26(34-28)24-10-8-16(2)32-24;1-2;/h7-14H,1-6H3;1-2H3;1H. The summed E-state index contributed by atoms with van der Waals surface area (Å²) in [7, 11) is 0. The van der Waals surface area contributed by atoms with Crippen LogP contribution in [0.4, 0.5) is 0 Å². The minimum atomic E-state index is 0. The van der Waals surface area contributed by atoms with Crippen LogP contribution >= 0.6 is 45.3 Å². The second-order valence-corrected chi connectivity index (χ2v) is 15.4. The molecule has 2 aliphatic rings. The van der Waals surface area contributed by atoms with Gasteiger partial charge in [-0.3, -0.25) is 0 Å².